The van der Waals surface area contributed by atoms with E-state index in [1.807, 2.05) is 0 Å². The minimum Gasteiger partial charge on any atom is -0.468 e. The van der Waals surface area contributed by atoms with Gasteiger partial charge in [-0.3, -0.25) is 4.79 Å². The van der Waals surface area contributed by atoms with Crippen LogP contribution in [0.2, 0.25) is 0 Å². The number of fused-ring (bicyclic) bond motifs is 1. The predicted octanol–water partition coefficient (Wildman–Crippen LogP) is 3.09. The molecule has 0 spiro atoms. The molecule has 0 atom stereocenters. The fourth-order valence-corrected chi connectivity index (χ4v) is 4.39. The van der Waals surface area contributed by atoms with Crippen LogP contribution in [-0.2, 0) is 22.4 Å². The smallest absolute Gasteiger partial charge is 0.316 e. The zero-order valence-electron chi connectivity index (χ0n) is 14.1. The Morgan fingerprint density at radius 3 is 2.58 bits per heavy atom. The fourth-order valence-electron chi connectivity index (χ4n) is 3.55. The molecule has 3 rings (SSSR count). The Balaban J connectivity index is 2.00. The van der Waals surface area contributed by atoms with Crippen molar-refractivity contribution >= 4 is 23.5 Å². The average Bonchev–Trinajstić information content (AvgIpc) is 2.65. The lowest BCUT2D eigenvalue weighted by Crippen LogP contribution is -2.32. The summed E-state index contributed by atoms with van der Waals surface area (Å²) < 4.78 is 4.72. The Hall–Kier alpha value is -1.74. The Morgan fingerprint density at radius 2 is 1.92 bits per heavy atom. The van der Waals surface area contributed by atoms with E-state index in [1.54, 1.807) is 0 Å². The molecular weight excluding hydrogens is 322 g/mol. The van der Waals surface area contributed by atoms with Crippen LogP contribution in [0.5, 0.6) is 0 Å². The normalized spacial score (nSPS) is 17.1. The Morgan fingerprint density at radius 1 is 1.21 bits per heavy atom. The van der Waals surface area contributed by atoms with Crippen molar-refractivity contribution < 1.29 is 9.53 Å². The SMILES string of the molecule is COC(=O)CSc1nc(N2CCCCC2)c2c(c1C#N)CCCC2. The molecule has 24 heavy (non-hydrogen) atoms. The maximum atomic E-state index is 11.5. The zero-order valence-corrected chi connectivity index (χ0v) is 15.0. The Bertz CT molecular complexity index is 663. The van der Waals surface area contributed by atoms with Gasteiger partial charge in [0.1, 0.15) is 16.9 Å². The van der Waals surface area contributed by atoms with Crippen LogP contribution in [0.25, 0.3) is 0 Å². The van der Waals surface area contributed by atoms with Crippen LogP contribution >= 0.6 is 11.8 Å². The number of nitriles is 1. The molecule has 0 radical (unpaired) electrons. The van der Waals surface area contributed by atoms with Crippen LogP contribution in [0, 0.1) is 11.3 Å². The number of anilines is 1. The fraction of sp³-hybridized carbons (Fsp3) is 0.611. The molecule has 0 amide bonds. The molecule has 1 aliphatic carbocycles. The lowest BCUT2D eigenvalue weighted by atomic mass is 9.89. The zero-order chi connectivity index (χ0) is 16.9. The van der Waals surface area contributed by atoms with Crippen molar-refractivity contribution in [2.45, 2.75) is 50.0 Å². The van der Waals surface area contributed by atoms with Gasteiger partial charge in [0.25, 0.3) is 0 Å². The number of aromatic nitrogens is 1. The standard InChI is InChI=1S/C18H23N3O2S/c1-23-16(22)12-24-18-15(11-19)13-7-3-4-8-14(13)17(20-18)21-9-5-2-6-10-21/h2-10,12H2,1H3. The van der Waals surface area contributed by atoms with Crippen molar-refractivity contribution in [3.05, 3.63) is 16.7 Å². The van der Waals surface area contributed by atoms with E-state index in [4.69, 9.17) is 9.72 Å². The van der Waals surface area contributed by atoms with Gasteiger partial charge < -0.3 is 9.64 Å². The molecule has 1 aliphatic heterocycles. The van der Waals surface area contributed by atoms with Crippen LogP contribution in [-0.4, -0.2) is 36.9 Å². The molecule has 6 heteroatoms. The number of thioether (sulfide) groups is 1. The van der Waals surface area contributed by atoms with Crippen LogP contribution in [0.1, 0.15) is 48.8 Å². The summed E-state index contributed by atoms with van der Waals surface area (Å²) in [6, 6.07) is 2.34. The highest BCUT2D eigenvalue weighted by molar-refractivity contribution is 7.99. The molecule has 0 bridgehead atoms. The van der Waals surface area contributed by atoms with Crippen LogP contribution in [0.15, 0.2) is 5.03 Å². The minimum absolute atomic E-state index is 0.191. The van der Waals surface area contributed by atoms with Gasteiger partial charge in [-0.1, -0.05) is 11.8 Å². The number of methoxy groups -OCH3 is 1. The molecule has 128 valence electrons. The maximum Gasteiger partial charge on any atom is 0.316 e. The second-order valence-electron chi connectivity index (χ2n) is 6.30. The molecule has 1 fully saturated rings. The summed E-state index contributed by atoms with van der Waals surface area (Å²) in [5, 5.41) is 10.3. The summed E-state index contributed by atoms with van der Waals surface area (Å²) in [5.74, 6) is 0.954. The highest BCUT2D eigenvalue weighted by Crippen LogP contribution is 2.36. The van der Waals surface area contributed by atoms with Gasteiger partial charge in [0.05, 0.1) is 18.4 Å². The molecular formula is C18H23N3O2S. The number of hydrogen-bond acceptors (Lipinski definition) is 6. The summed E-state index contributed by atoms with van der Waals surface area (Å²) in [6.07, 6.45) is 7.89. The van der Waals surface area contributed by atoms with Gasteiger partial charge in [-0.15, -0.1) is 0 Å². The third kappa shape index (κ3) is 3.51. The van der Waals surface area contributed by atoms with E-state index >= 15 is 0 Å². The molecule has 5 nitrogen and oxygen atoms in total. The third-order valence-electron chi connectivity index (χ3n) is 4.78. The third-order valence-corrected chi connectivity index (χ3v) is 5.73. The first-order valence-electron chi connectivity index (χ1n) is 8.65. The molecule has 0 N–H and O–H groups in total. The number of esters is 1. The monoisotopic (exact) mass is 345 g/mol. The van der Waals surface area contributed by atoms with Gasteiger partial charge in [-0.2, -0.15) is 5.26 Å². The predicted molar refractivity (Wildman–Crippen MR) is 94.4 cm³/mol. The largest absolute Gasteiger partial charge is 0.468 e. The van der Waals surface area contributed by atoms with Gasteiger partial charge in [-0.05, 0) is 56.1 Å². The van der Waals surface area contributed by atoms with Gasteiger partial charge in [-0.25, -0.2) is 4.98 Å². The number of piperidine rings is 1. The van der Waals surface area contributed by atoms with E-state index in [-0.39, 0.29) is 11.7 Å². The Kier molecular flexibility index (Phi) is 5.62. The van der Waals surface area contributed by atoms with Gasteiger partial charge in [0.2, 0.25) is 0 Å². The number of carbonyl (C=O) groups excluding carboxylic acids is 1. The number of nitrogens with zero attached hydrogens (tertiary/aromatic N) is 3. The molecule has 0 aromatic carbocycles. The van der Waals surface area contributed by atoms with Gasteiger partial charge >= 0.3 is 5.97 Å². The lowest BCUT2D eigenvalue weighted by molar-refractivity contribution is -0.137. The van der Waals surface area contributed by atoms with E-state index in [1.165, 1.54) is 43.7 Å². The highest BCUT2D eigenvalue weighted by atomic mass is 32.2. The van der Waals surface area contributed by atoms with E-state index in [2.05, 4.69) is 11.0 Å². The second-order valence-corrected chi connectivity index (χ2v) is 7.27. The molecule has 1 saturated heterocycles. The van der Waals surface area contributed by atoms with Crippen molar-refractivity contribution in [2.24, 2.45) is 0 Å². The van der Waals surface area contributed by atoms with Crippen LogP contribution < -0.4 is 4.90 Å². The van der Waals surface area contributed by atoms with Crippen molar-refractivity contribution in [2.75, 3.05) is 30.9 Å². The van der Waals surface area contributed by atoms with Crippen LogP contribution in [0.3, 0.4) is 0 Å². The second kappa shape index (κ2) is 7.89. The van der Waals surface area contributed by atoms with E-state index < -0.39 is 0 Å². The summed E-state index contributed by atoms with van der Waals surface area (Å²) in [5.41, 5.74) is 3.09. The number of hydrogen-bond donors (Lipinski definition) is 0. The Labute approximate surface area is 147 Å². The summed E-state index contributed by atoms with van der Waals surface area (Å²) in [4.78, 5) is 18.7. The lowest BCUT2D eigenvalue weighted by Gasteiger charge is -2.32. The van der Waals surface area contributed by atoms with Crippen molar-refractivity contribution in [3.63, 3.8) is 0 Å². The summed E-state index contributed by atoms with van der Waals surface area (Å²) in [7, 11) is 1.38. The molecule has 1 aromatic heterocycles. The quantitative estimate of drug-likeness (QED) is 0.617. The maximum absolute atomic E-state index is 11.5. The molecule has 2 aliphatic rings. The number of pyridine rings is 1. The average molecular weight is 345 g/mol. The highest BCUT2D eigenvalue weighted by Gasteiger charge is 2.26. The van der Waals surface area contributed by atoms with E-state index in [0.717, 1.165) is 50.2 Å². The topological polar surface area (TPSA) is 66.2 Å². The number of carbonyl (C=O) groups is 1. The van der Waals surface area contributed by atoms with Crippen molar-refractivity contribution in [1.82, 2.24) is 4.98 Å². The van der Waals surface area contributed by atoms with Gasteiger partial charge in [0.15, 0.2) is 0 Å². The van der Waals surface area contributed by atoms with Crippen molar-refractivity contribution in [3.8, 4) is 6.07 Å². The summed E-state index contributed by atoms with van der Waals surface area (Å²) in [6.45, 7) is 2.07. The van der Waals surface area contributed by atoms with Crippen LogP contribution in [0.4, 0.5) is 5.82 Å². The first-order valence-corrected chi connectivity index (χ1v) is 9.63. The minimum atomic E-state index is -0.289. The molecule has 0 unspecified atom stereocenters. The summed E-state index contributed by atoms with van der Waals surface area (Å²) >= 11 is 1.32. The van der Waals surface area contributed by atoms with E-state index in [0.29, 0.717) is 10.6 Å². The first kappa shape index (κ1) is 17.1. The van der Waals surface area contributed by atoms with Crippen molar-refractivity contribution in [1.29, 1.82) is 5.26 Å². The number of rotatable bonds is 4. The van der Waals surface area contributed by atoms with E-state index in [9.17, 15) is 10.1 Å². The number of ether oxygens (including phenoxy) is 1. The first-order chi connectivity index (χ1) is 11.7. The van der Waals surface area contributed by atoms with Gasteiger partial charge in [0, 0.05) is 13.1 Å². The molecule has 2 heterocycles. The molecule has 1 aromatic rings. The molecule has 0 saturated carbocycles.